The molecule has 4 heteroatoms. The molecule has 0 amide bonds. The molecule has 1 aromatic rings. The molecule has 0 aromatic carbocycles. The highest BCUT2D eigenvalue weighted by atomic mass is 16.5. The van der Waals surface area contributed by atoms with Crippen molar-refractivity contribution in [1.82, 2.24) is 10.5 Å². The molecule has 0 radical (unpaired) electrons. The van der Waals surface area contributed by atoms with E-state index in [9.17, 15) is 0 Å². The van der Waals surface area contributed by atoms with Gasteiger partial charge in [-0.25, -0.2) is 0 Å². The minimum Gasteiger partial charge on any atom is -0.479 e. The predicted molar refractivity (Wildman–Crippen MR) is 43.2 cm³/mol. The summed E-state index contributed by atoms with van der Waals surface area (Å²) < 4.78 is 10.2. The molecule has 0 spiro atoms. The van der Waals surface area contributed by atoms with E-state index in [2.05, 4.69) is 17.4 Å². The van der Waals surface area contributed by atoms with Gasteiger partial charge in [-0.15, -0.1) is 0 Å². The zero-order valence-corrected chi connectivity index (χ0v) is 7.26. The lowest BCUT2D eigenvalue weighted by atomic mass is 10.0. The van der Waals surface area contributed by atoms with E-state index in [4.69, 9.17) is 9.26 Å². The Morgan fingerprint density at radius 3 is 3.25 bits per heavy atom. The number of methoxy groups -OCH3 is 1. The summed E-state index contributed by atoms with van der Waals surface area (Å²) in [7, 11) is 1.61. The molecular weight excluding hydrogens is 156 g/mol. The number of hydrogen-bond acceptors (Lipinski definition) is 4. The Bertz CT molecular complexity index is 283. The lowest BCUT2D eigenvalue weighted by Crippen LogP contribution is -2.25. The second kappa shape index (κ2) is 2.79. The number of nitrogens with one attached hydrogen (secondary N) is 1. The van der Waals surface area contributed by atoms with Crippen LogP contribution in [0.2, 0.25) is 0 Å². The quantitative estimate of drug-likeness (QED) is 0.676. The first-order chi connectivity index (χ1) is 5.83. The van der Waals surface area contributed by atoms with Gasteiger partial charge < -0.3 is 14.6 Å². The monoisotopic (exact) mass is 168 g/mol. The van der Waals surface area contributed by atoms with Crippen LogP contribution in [0.15, 0.2) is 4.52 Å². The second-order valence-electron chi connectivity index (χ2n) is 3.07. The van der Waals surface area contributed by atoms with Gasteiger partial charge in [0.05, 0.1) is 12.7 Å². The van der Waals surface area contributed by atoms with Crippen LogP contribution in [0.25, 0.3) is 0 Å². The van der Waals surface area contributed by atoms with Crippen LogP contribution in [-0.2, 0) is 6.54 Å². The Balaban J connectivity index is 2.41. The van der Waals surface area contributed by atoms with Crippen molar-refractivity contribution in [2.75, 3.05) is 13.7 Å². The fourth-order valence-corrected chi connectivity index (χ4v) is 1.52. The molecule has 0 saturated heterocycles. The number of fused-ring (bicyclic) bond motifs is 1. The van der Waals surface area contributed by atoms with Gasteiger partial charge in [0.15, 0.2) is 0 Å². The first-order valence-electron chi connectivity index (χ1n) is 4.06. The van der Waals surface area contributed by atoms with Crippen LogP contribution in [0.4, 0.5) is 0 Å². The molecule has 66 valence electrons. The highest BCUT2D eigenvalue weighted by Crippen LogP contribution is 2.29. The zero-order valence-electron chi connectivity index (χ0n) is 7.26. The van der Waals surface area contributed by atoms with E-state index in [0.717, 1.165) is 24.4 Å². The van der Waals surface area contributed by atoms with Crippen molar-refractivity contribution < 1.29 is 9.26 Å². The van der Waals surface area contributed by atoms with Crippen molar-refractivity contribution in [3.63, 3.8) is 0 Å². The Labute approximate surface area is 70.9 Å². The highest BCUT2D eigenvalue weighted by molar-refractivity contribution is 5.32. The molecule has 0 saturated carbocycles. The van der Waals surface area contributed by atoms with E-state index in [1.807, 2.05) is 0 Å². The summed E-state index contributed by atoms with van der Waals surface area (Å²) in [5, 5.41) is 7.10. The largest absolute Gasteiger partial charge is 0.479 e. The third-order valence-electron chi connectivity index (χ3n) is 2.18. The standard InChI is InChI=1S/C8H12N2O2/c1-5-3-9-4-6-7(5)12-10-8(6)11-2/h5,9H,3-4H2,1-2H3/t5-/m0/s1. The van der Waals surface area contributed by atoms with Crippen molar-refractivity contribution in [1.29, 1.82) is 0 Å². The molecule has 12 heavy (non-hydrogen) atoms. The fraction of sp³-hybridized carbons (Fsp3) is 0.625. The van der Waals surface area contributed by atoms with Crippen molar-refractivity contribution in [3.05, 3.63) is 11.3 Å². The minimum atomic E-state index is 0.394. The molecule has 1 aromatic heterocycles. The van der Waals surface area contributed by atoms with Crippen LogP contribution in [0, 0.1) is 0 Å². The topological polar surface area (TPSA) is 47.3 Å². The number of nitrogens with zero attached hydrogens (tertiary/aromatic N) is 1. The average molecular weight is 168 g/mol. The van der Waals surface area contributed by atoms with E-state index < -0.39 is 0 Å². The Kier molecular flexibility index (Phi) is 1.77. The van der Waals surface area contributed by atoms with Gasteiger partial charge in [-0.1, -0.05) is 6.92 Å². The first kappa shape index (κ1) is 7.61. The molecule has 4 nitrogen and oxygen atoms in total. The molecule has 1 aliphatic rings. The van der Waals surface area contributed by atoms with Crippen molar-refractivity contribution in [2.45, 2.75) is 19.4 Å². The Morgan fingerprint density at radius 2 is 2.50 bits per heavy atom. The van der Waals surface area contributed by atoms with E-state index in [-0.39, 0.29) is 0 Å². The average Bonchev–Trinajstić information content (AvgIpc) is 2.49. The molecule has 1 N–H and O–H groups in total. The van der Waals surface area contributed by atoms with Gasteiger partial charge in [-0.2, -0.15) is 0 Å². The smallest absolute Gasteiger partial charge is 0.258 e. The first-order valence-corrected chi connectivity index (χ1v) is 4.06. The van der Waals surface area contributed by atoms with E-state index in [1.165, 1.54) is 0 Å². The normalized spacial score (nSPS) is 22.0. The maximum absolute atomic E-state index is 5.18. The molecule has 1 atom stereocenters. The van der Waals surface area contributed by atoms with Gasteiger partial charge in [0.2, 0.25) is 0 Å². The summed E-state index contributed by atoms with van der Waals surface area (Å²) >= 11 is 0. The fourth-order valence-electron chi connectivity index (χ4n) is 1.52. The molecule has 0 unspecified atom stereocenters. The summed E-state index contributed by atoms with van der Waals surface area (Å²) in [6, 6.07) is 0. The van der Waals surface area contributed by atoms with Crippen molar-refractivity contribution in [2.24, 2.45) is 0 Å². The Hall–Kier alpha value is -1.03. The summed E-state index contributed by atoms with van der Waals surface area (Å²) in [6.45, 7) is 3.85. The van der Waals surface area contributed by atoms with E-state index in [0.29, 0.717) is 11.8 Å². The van der Waals surface area contributed by atoms with Crippen LogP contribution in [-0.4, -0.2) is 18.8 Å². The van der Waals surface area contributed by atoms with Gasteiger partial charge in [-0.05, 0) is 5.16 Å². The van der Waals surface area contributed by atoms with Crippen molar-refractivity contribution in [3.8, 4) is 5.88 Å². The predicted octanol–water partition coefficient (Wildman–Crippen LogP) is 0.890. The van der Waals surface area contributed by atoms with Crippen LogP contribution in [0.5, 0.6) is 5.88 Å². The van der Waals surface area contributed by atoms with Crippen LogP contribution < -0.4 is 10.1 Å². The third kappa shape index (κ3) is 0.992. The van der Waals surface area contributed by atoms with Gasteiger partial charge in [0, 0.05) is 19.0 Å². The van der Waals surface area contributed by atoms with Gasteiger partial charge >= 0.3 is 0 Å². The van der Waals surface area contributed by atoms with Crippen molar-refractivity contribution >= 4 is 0 Å². The SMILES string of the molecule is COc1noc2c1CNC[C@@H]2C. The Morgan fingerprint density at radius 1 is 1.67 bits per heavy atom. The molecule has 2 rings (SSSR count). The molecule has 0 fully saturated rings. The number of ether oxygens (including phenoxy) is 1. The lowest BCUT2D eigenvalue weighted by molar-refractivity contribution is 0.318. The maximum atomic E-state index is 5.18. The molecule has 0 aliphatic carbocycles. The highest BCUT2D eigenvalue weighted by Gasteiger charge is 2.24. The van der Waals surface area contributed by atoms with Gasteiger partial charge in [-0.3, -0.25) is 0 Å². The number of aromatic nitrogens is 1. The number of hydrogen-bond donors (Lipinski definition) is 1. The maximum Gasteiger partial charge on any atom is 0.258 e. The van der Waals surface area contributed by atoms with E-state index in [1.54, 1.807) is 7.11 Å². The summed E-state index contributed by atoms with van der Waals surface area (Å²) in [4.78, 5) is 0. The van der Waals surface area contributed by atoms with Crippen LogP contribution >= 0.6 is 0 Å². The zero-order chi connectivity index (χ0) is 8.55. The summed E-state index contributed by atoms with van der Waals surface area (Å²) in [5.74, 6) is 1.97. The summed E-state index contributed by atoms with van der Waals surface area (Å²) in [5.41, 5.74) is 1.07. The van der Waals surface area contributed by atoms with E-state index >= 15 is 0 Å². The molecular formula is C8H12N2O2. The molecule has 1 aliphatic heterocycles. The molecule has 0 bridgehead atoms. The van der Waals surface area contributed by atoms with Gasteiger partial charge in [0.1, 0.15) is 5.76 Å². The molecule has 2 heterocycles. The van der Waals surface area contributed by atoms with Crippen LogP contribution in [0.3, 0.4) is 0 Å². The second-order valence-corrected chi connectivity index (χ2v) is 3.07. The minimum absolute atomic E-state index is 0.394. The third-order valence-corrected chi connectivity index (χ3v) is 2.18. The van der Waals surface area contributed by atoms with Crippen LogP contribution in [0.1, 0.15) is 24.2 Å². The number of rotatable bonds is 1. The lowest BCUT2D eigenvalue weighted by Gasteiger charge is -2.16. The van der Waals surface area contributed by atoms with Gasteiger partial charge in [0.25, 0.3) is 5.88 Å². The summed E-state index contributed by atoms with van der Waals surface area (Å²) in [6.07, 6.45) is 0.